The highest BCUT2D eigenvalue weighted by Crippen LogP contribution is 2.29. The Morgan fingerprint density at radius 1 is 1.62 bits per heavy atom. The average molecular weight is 218 g/mol. The fourth-order valence-corrected chi connectivity index (χ4v) is 2.12. The fraction of sp³-hybridized carbons (Fsp3) is 0.545. The van der Waals surface area contributed by atoms with Crippen LogP contribution in [0.15, 0.2) is 12.3 Å². The van der Waals surface area contributed by atoms with Gasteiger partial charge in [0, 0.05) is 13.2 Å². The molecule has 16 heavy (non-hydrogen) atoms. The van der Waals surface area contributed by atoms with Crippen molar-refractivity contribution in [3.05, 3.63) is 18.0 Å². The Morgan fingerprint density at radius 3 is 2.81 bits per heavy atom. The smallest absolute Gasteiger partial charge is 0.270 e. The van der Waals surface area contributed by atoms with Gasteiger partial charge in [-0.1, -0.05) is 0 Å². The Kier molecular flexibility index (Phi) is 2.65. The lowest BCUT2D eigenvalue weighted by Crippen LogP contribution is -2.45. The first-order valence-corrected chi connectivity index (χ1v) is 5.39. The van der Waals surface area contributed by atoms with Crippen LogP contribution < -0.4 is 5.32 Å². The highest BCUT2D eigenvalue weighted by molar-refractivity contribution is 5.93. The molecule has 0 spiro atoms. The second kappa shape index (κ2) is 3.97. The number of carbonyl (C=O) groups excluding carboxylic acids is 1. The van der Waals surface area contributed by atoms with Gasteiger partial charge in [0.25, 0.3) is 5.91 Å². The summed E-state index contributed by atoms with van der Waals surface area (Å²) in [4.78, 5) is 11.9. The summed E-state index contributed by atoms with van der Waals surface area (Å²) in [5.74, 6) is -0.219. The topological polar surface area (TPSA) is 70.7 Å². The maximum absolute atomic E-state index is 11.9. The molecule has 1 aromatic heterocycles. The van der Waals surface area contributed by atoms with Crippen LogP contribution in [0.25, 0.3) is 0 Å². The van der Waals surface area contributed by atoms with Gasteiger partial charge in [-0.15, -0.1) is 0 Å². The van der Waals surface area contributed by atoms with Gasteiger partial charge in [-0.2, -0.15) is 10.4 Å². The van der Waals surface area contributed by atoms with Crippen LogP contribution in [0.1, 0.15) is 36.2 Å². The summed E-state index contributed by atoms with van der Waals surface area (Å²) in [7, 11) is 1.71. The number of carbonyl (C=O) groups is 1. The maximum atomic E-state index is 11.9. The standard InChI is InChI=1S/C11H14N4O/c1-15-9(4-7-13-15)10(16)14-11(8-12)5-2-3-6-11/h4,7H,2-3,5-6H2,1H3,(H,14,16). The molecule has 1 aliphatic rings. The second-order valence-electron chi connectivity index (χ2n) is 4.20. The number of aryl methyl sites for hydroxylation is 1. The van der Waals surface area contributed by atoms with Crippen molar-refractivity contribution in [2.24, 2.45) is 7.05 Å². The molecule has 84 valence electrons. The molecule has 1 N–H and O–H groups in total. The third kappa shape index (κ3) is 1.78. The summed E-state index contributed by atoms with van der Waals surface area (Å²) in [6, 6.07) is 3.88. The average Bonchev–Trinajstić information content (AvgIpc) is 2.87. The Labute approximate surface area is 94.1 Å². The molecule has 1 fully saturated rings. The lowest BCUT2D eigenvalue weighted by molar-refractivity contribution is 0.0911. The minimum Gasteiger partial charge on any atom is -0.332 e. The van der Waals surface area contributed by atoms with E-state index in [0.717, 1.165) is 25.7 Å². The predicted octanol–water partition coefficient (Wildman–Crippen LogP) is 0.986. The summed E-state index contributed by atoms with van der Waals surface area (Å²) in [6.45, 7) is 0. The molecule has 0 bridgehead atoms. The largest absolute Gasteiger partial charge is 0.332 e. The van der Waals surface area contributed by atoms with Crippen LogP contribution in [0.5, 0.6) is 0 Å². The molecular formula is C11H14N4O. The molecule has 2 rings (SSSR count). The van der Waals surface area contributed by atoms with Crippen molar-refractivity contribution in [1.29, 1.82) is 5.26 Å². The molecule has 1 amide bonds. The first-order chi connectivity index (χ1) is 7.67. The zero-order valence-corrected chi connectivity index (χ0v) is 9.23. The van der Waals surface area contributed by atoms with E-state index in [-0.39, 0.29) is 5.91 Å². The Balaban J connectivity index is 2.13. The molecule has 1 aromatic rings. The summed E-state index contributed by atoms with van der Waals surface area (Å²) < 4.78 is 1.51. The van der Waals surface area contributed by atoms with Crippen molar-refractivity contribution < 1.29 is 4.79 Å². The van der Waals surface area contributed by atoms with Crippen LogP contribution in [-0.4, -0.2) is 21.2 Å². The Bertz CT molecular complexity index is 437. The van der Waals surface area contributed by atoms with E-state index in [1.165, 1.54) is 4.68 Å². The van der Waals surface area contributed by atoms with Crippen LogP contribution in [0.3, 0.4) is 0 Å². The van der Waals surface area contributed by atoms with Crippen molar-refractivity contribution in [3.8, 4) is 6.07 Å². The number of nitrogens with zero attached hydrogens (tertiary/aromatic N) is 3. The SMILES string of the molecule is Cn1nccc1C(=O)NC1(C#N)CCCC1. The molecule has 0 unspecified atom stereocenters. The van der Waals surface area contributed by atoms with Crippen molar-refractivity contribution in [2.75, 3.05) is 0 Å². The first-order valence-electron chi connectivity index (χ1n) is 5.39. The van der Waals surface area contributed by atoms with Gasteiger partial charge in [-0.3, -0.25) is 9.48 Å². The van der Waals surface area contributed by atoms with Crippen molar-refractivity contribution >= 4 is 5.91 Å². The van der Waals surface area contributed by atoms with E-state index in [1.54, 1.807) is 19.3 Å². The monoisotopic (exact) mass is 218 g/mol. The summed E-state index contributed by atoms with van der Waals surface area (Å²) in [6.07, 6.45) is 5.06. The van der Waals surface area contributed by atoms with Gasteiger partial charge in [0.15, 0.2) is 0 Å². The number of nitriles is 1. The molecule has 1 heterocycles. The van der Waals surface area contributed by atoms with E-state index in [0.29, 0.717) is 5.69 Å². The van der Waals surface area contributed by atoms with Crippen LogP contribution in [0, 0.1) is 11.3 Å². The summed E-state index contributed by atoms with van der Waals surface area (Å²) in [5, 5.41) is 15.9. The fourth-order valence-electron chi connectivity index (χ4n) is 2.12. The summed E-state index contributed by atoms with van der Waals surface area (Å²) in [5.41, 5.74) is -0.178. The highest BCUT2D eigenvalue weighted by Gasteiger charge is 2.35. The van der Waals surface area contributed by atoms with Crippen molar-refractivity contribution in [2.45, 2.75) is 31.2 Å². The van der Waals surface area contributed by atoms with Gasteiger partial charge < -0.3 is 5.32 Å². The van der Waals surface area contributed by atoms with Crippen LogP contribution in [0.2, 0.25) is 0 Å². The van der Waals surface area contributed by atoms with E-state index < -0.39 is 5.54 Å². The van der Waals surface area contributed by atoms with E-state index in [4.69, 9.17) is 5.26 Å². The van der Waals surface area contributed by atoms with Crippen LogP contribution in [-0.2, 0) is 7.05 Å². The molecule has 0 saturated heterocycles. The quantitative estimate of drug-likeness (QED) is 0.804. The third-order valence-corrected chi connectivity index (χ3v) is 3.08. The molecule has 5 heteroatoms. The highest BCUT2D eigenvalue weighted by atomic mass is 16.2. The van der Waals surface area contributed by atoms with Crippen molar-refractivity contribution in [3.63, 3.8) is 0 Å². The van der Waals surface area contributed by atoms with Crippen LogP contribution in [0.4, 0.5) is 0 Å². The Morgan fingerprint density at radius 2 is 2.31 bits per heavy atom. The number of aromatic nitrogens is 2. The first kappa shape index (κ1) is 10.7. The second-order valence-corrected chi connectivity index (χ2v) is 4.20. The van der Waals surface area contributed by atoms with Gasteiger partial charge in [-0.25, -0.2) is 0 Å². The molecule has 0 atom stereocenters. The van der Waals surface area contributed by atoms with Gasteiger partial charge >= 0.3 is 0 Å². The molecule has 1 saturated carbocycles. The van der Waals surface area contributed by atoms with Gasteiger partial charge in [0.1, 0.15) is 11.2 Å². The van der Waals surface area contributed by atoms with Gasteiger partial charge in [0.05, 0.1) is 6.07 Å². The third-order valence-electron chi connectivity index (χ3n) is 3.08. The molecule has 1 aliphatic carbocycles. The number of hydrogen-bond donors (Lipinski definition) is 1. The zero-order chi connectivity index (χ0) is 11.6. The summed E-state index contributed by atoms with van der Waals surface area (Å²) >= 11 is 0. The van der Waals surface area contributed by atoms with Crippen molar-refractivity contribution in [1.82, 2.24) is 15.1 Å². The zero-order valence-electron chi connectivity index (χ0n) is 9.23. The Hall–Kier alpha value is -1.83. The predicted molar refractivity (Wildman–Crippen MR) is 57.5 cm³/mol. The van der Waals surface area contributed by atoms with Crippen LogP contribution >= 0.6 is 0 Å². The maximum Gasteiger partial charge on any atom is 0.270 e. The van der Waals surface area contributed by atoms with E-state index in [1.807, 2.05) is 0 Å². The number of nitrogens with one attached hydrogen (secondary N) is 1. The lowest BCUT2D eigenvalue weighted by Gasteiger charge is -2.21. The molecular weight excluding hydrogens is 204 g/mol. The lowest BCUT2D eigenvalue weighted by atomic mass is 10.00. The number of amides is 1. The van der Waals surface area contributed by atoms with Gasteiger partial charge in [0.2, 0.25) is 0 Å². The van der Waals surface area contributed by atoms with E-state index in [9.17, 15) is 4.79 Å². The van der Waals surface area contributed by atoms with E-state index in [2.05, 4.69) is 16.5 Å². The molecule has 5 nitrogen and oxygen atoms in total. The van der Waals surface area contributed by atoms with Gasteiger partial charge in [-0.05, 0) is 31.7 Å². The minimum absolute atomic E-state index is 0.219. The minimum atomic E-state index is -0.665. The number of rotatable bonds is 2. The molecule has 0 aliphatic heterocycles. The van der Waals surface area contributed by atoms with E-state index >= 15 is 0 Å². The molecule has 0 aromatic carbocycles. The normalized spacial score (nSPS) is 18.0. The molecule has 0 radical (unpaired) electrons. The number of hydrogen-bond acceptors (Lipinski definition) is 3.